The normalized spacial score (nSPS) is 24.2. The molecule has 16 heavy (non-hydrogen) atoms. The van der Waals surface area contributed by atoms with Crippen LogP contribution in [0.5, 0.6) is 0 Å². The fourth-order valence-corrected chi connectivity index (χ4v) is 2.34. The third kappa shape index (κ3) is 1.80. The number of nitrogens with one attached hydrogen (secondary N) is 1. The van der Waals surface area contributed by atoms with E-state index in [1.54, 1.807) is 0 Å². The Morgan fingerprint density at radius 3 is 3.12 bits per heavy atom. The van der Waals surface area contributed by atoms with Crippen LogP contribution >= 0.6 is 0 Å². The van der Waals surface area contributed by atoms with Crippen molar-refractivity contribution in [3.05, 3.63) is 29.8 Å². The molecule has 0 aromatic heterocycles. The Morgan fingerprint density at radius 1 is 1.31 bits per heavy atom. The second kappa shape index (κ2) is 4.22. The van der Waals surface area contributed by atoms with Crippen molar-refractivity contribution in [2.75, 3.05) is 13.1 Å². The maximum Gasteiger partial charge on any atom is 0.0924 e. The molecule has 1 aromatic carbocycles. The van der Waals surface area contributed by atoms with Gasteiger partial charge in [0.15, 0.2) is 0 Å². The van der Waals surface area contributed by atoms with Gasteiger partial charge in [-0.25, -0.2) is 0 Å². The van der Waals surface area contributed by atoms with Crippen LogP contribution in [0.2, 0.25) is 0 Å². The predicted octanol–water partition coefficient (Wildman–Crippen LogP) is 2.25. The Labute approximate surface area is 95.3 Å². The molecule has 0 radical (unpaired) electrons. The third-order valence-corrected chi connectivity index (χ3v) is 3.28. The number of piperidine rings is 1. The second-order valence-corrected chi connectivity index (χ2v) is 4.42. The van der Waals surface area contributed by atoms with Gasteiger partial charge in [-0.15, -0.1) is 5.11 Å². The van der Waals surface area contributed by atoms with E-state index >= 15 is 0 Å². The van der Waals surface area contributed by atoms with E-state index in [9.17, 15) is 0 Å². The van der Waals surface area contributed by atoms with Crippen LogP contribution in [0, 0.1) is 0 Å². The lowest BCUT2D eigenvalue weighted by molar-refractivity contribution is 0.148. The van der Waals surface area contributed by atoms with Crippen molar-refractivity contribution in [2.45, 2.75) is 25.4 Å². The topological polar surface area (TPSA) is 40.0 Å². The molecule has 2 heterocycles. The maximum absolute atomic E-state index is 4.31. The second-order valence-electron chi connectivity index (χ2n) is 4.42. The minimum Gasteiger partial charge on any atom is -0.315 e. The van der Waals surface area contributed by atoms with Gasteiger partial charge < -0.3 is 5.32 Å². The highest BCUT2D eigenvalue weighted by Crippen LogP contribution is 2.27. The number of hydrogen-bond donors (Lipinski definition) is 1. The Hall–Kier alpha value is -1.42. The van der Waals surface area contributed by atoms with Crippen molar-refractivity contribution in [1.82, 2.24) is 10.3 Å². The Morgan fingerprint density at radius 2 is 2.25 bits per heavy atom. The summed E-state index contributed by atoms with van der Waals surface area (Å²) >= 11 is 0. The van der Waals surface area contributed by atoms with E-state index in [0.29, 0.717) is 6.04 Å². The number of fused-ring (bicyclic) bond motifs is 1. The lowest BCUT2D eigenvalue weighted by Crippen LogP contribution is -2.43. The first-order valence-electron chi connectivity index (χ1n) is 5.90. The molecule has 1 saturated heterocycles. The number of rotatable bonds is 1. The van der Waals surface area contributed by atoms with Crippen molar-refractivity contribution >= 4 is 5.69 Å². The van der Waals surface area contributed by atoms with Crippen LogP contribution < -0.4 is 5.32 Å². The Kier molecular flexibility index (Phi) is 2.58. The molecule has 3 rings (SSSR count). The molecule has 0 unspecified atom stereocenters. The van der Waals surface area contributed by atoms with Gasteiger partial charge in [-0.2, -0.15) is 0 Å². The molecular formula is C12H16N4. The highest BCUT2D eigenvalue weighted by Gasteiger charge is 2.23. The number of nitrogens with zero attached hydrogens (tertiary/aromatic N) is 3. The van der Waals surface area contributed by atoms with E-state index in [-0.39, 0.29) is 0 Å². The van der Waals surface area contributed by atoms with Crippen LogP contribution in [-0.2, 0) is 6.54 Å². The first-order valence-corrected chi connectivity index (χ1v) is 5.90. The van der Waals surface area contributed by atoms with Crippen molar-refractivity contribution in [3.8, 4) is 0 Å². The maximum atomic E-state index is 4.31. The van der Waals surface area contributed by atoms with Crippen LogP contribution in [0.4, 0.5) is 5.69 Å². The lowest BCUT2D eigenvalue weighted by Gasteiger charge is -2.33. The van der Waals surface area contributed by atoms with Crippen molar-refractivity contribution < 1.29 is 0 Å². The van der Waals surface area contributed by atoms with Gasteiger partial charge in [0, 0.05) is 12.1 Å². The van der Waals surface area contributed by atoms with Gasteiger partial charge in [0.05, 0.1) is 18.3 Å². The molecule has 2 aliphatic heterocycles. The summed E-state index contributed by atoms with van der Waals surface area (Å²) in [6.45, 7) is 3.06. The molecule has 1 atom stereocenters. The molecular weight excluding hydrogens is 200 g/mol. The zero-order chi connectivity index (χ0) is 10.8. The molecule has 2 aliphatic rings. The minimum absolute atomic E-state index is 0.505. The standard InChI is InChI=1S/C12H16N4/c1-2-6-12-10(4-1)9-16(15-14-12)11-5-3-7-13-8-11/h1-2,4,6,11,13H,3,5,7-9H2/t11-/m1/s1. The van der Waals surface area contributed by atoms with Crippen LogP contribution in [0.1, 0.15) is 18.4 Å². The first-order chi connectivity index (χ1) is 7.93. The van der Waals surface area contributed by atoms with Crippen LogP contribution in [0.15, 0.2) is 34.6 Å². The highest BCUT2D eigenvalue weighted by atomic mass is 15.6. The van der Waals surface area contributed by atoms with Crippen LogP contribution in [0.3, 0.4) is 0 Å². The minimum atomic E-state index is 0.505. The van der Waals surface area contributed by atoms with Gasteiger partial charge in [0.25, 0.3) is 0 Å². The monoisotopic (exact) mass is 216 g/mol. The zero-order valence-corrected chi connectivity index (χ0v) is 9.26. The SMILES string of the molecule is c1ccc2c(c1)CN([C@@H]1CCCNC1)N=N2. The molecule has 4 nitrogen and oxygen atoms in total. The van der Waals surface area contributed by atoms with E-state index in [2.05, 4.69) is 32.8 Å². The Balaban J connectivity index is 1.77. The predicted molar refractivity (Wildman–Crippen MR) is 62.4 cm³/mol. The van der Waals surface area contributed by atoms with Crippen molar-refractivity contribution in [2.24, 2.45) is 10.3 Å². The number of benzene rings is 1. The molecule has 0 aliphatic carbocycles. The molecule has 0 saturated carbocycles. The fraction of sp³-hybridized carbons (Fsp3) is 0.500. The van der Waals surface area contributed by atoms with Crippen LogP contribution in [-0.4, -0.2) is 24.1 Å². The summed E-state index contributed by atoms with van der Waals surface area (Å²) in [6.07, 6.45) is 2.45. The summed E-state index contributed by atoms with van der Waals surface area (Å²) in [5, 5.41) is 14.1. The molecule has 1 aromatic rings. The number of hydrogen-bond acceptors (Lipinski definition) is 4. The van der Waals surface area contributed by atoms with Gasteiger partial charge in [-0.1, -0.05) is 23.4 Å². The third-order valence-electron chi connectivity index (χ3n) is 3.28. The van der Waals surface area contributed by atoms with Gasteiger partial charge in [-0.3, -0.25) is 5.01 Å². The average molecular weight is 216 g/mol. The van der Waals surface area contributed by atoms with E-state index in [0.717, 1.165) is 25.3 Å². The summed E-state index contributed by atoms with van der Waals surface area (Å²) in [6, 6.07) is 8.74. The molecule has 1 fully saturated rings. The summed E-state index contributed by atoms with van der Waals surface area (Å²) in [5.74, 6) is 0. The molecule has 1 N–H and O–H groups in total. The molecule has 84 valence electrons. The largest absolute Gasteiger partial charge is 0.315 e. The van der Waals surface area contributed by atoms with E-state index < -0.39 is 0 Å². The highest BCUT2D eigenvalue weighted by molar-refractivity contribution is 5.45. The van der Waals surface area contributed by atoms with Gasteiger partial charge in [-0.05, 0) is 25.5 Å². The molecule has 0 spiro atoms. The summed E-state index contributed by atoms with van der Waals surface area (Å²) < 4.78 is 0. The van der Waals surface area contributed by atoms with Crippen molar-refractivity contribution in [1.29, 1.82) is 0 Å². The summed E-state index contributed by atoms with van der Waals surface area (Å²) in [4.78, 5) is 0. The summed E-state index contributed by atoms with van der Waals surface area (Å²) in [5.41, 5.74) is 2.30. The van der Waals surface area contributed by atoms with E-state index in [1.165, 1.54) is 18.4 Å². The zero-order valence-electron chi connectivity index (χ0n) is 9.26. The van der Waals surface area contributed by atoms with Crippen molar-refractivity contribution in [3.63, 3.8) is 0 Å². The molecule has 0 bridgehead atoms. The van der Waals surface area contributed by atoms with Gasteiger partial charge >= 0.3 is 0 Å². The quantitative estimate of drug-likeness (QED) is 0.782. The molecule has 4 heteroatoms. The smallest absolute Gasteiger partial charge is 0.0924 e. The first kappa shape index (κ1) is 9.78. The fourth-order valence-electron chi connectivity index (χ4n) is 2.34. The van der Waals surface area contributed by atoms with Crippen LogP contribution in [0.25, 0.3) is 0 Å². The Bertz CT molecular complexity index is 396. The molecule has 0 amide bonds. The van der Waals surface area contributed by atoms with Gasteiger partial charge in [0.1, 0.15) is 0 Å². The van der Waals surface area contributed by atoms with E-state index in [4.69, 9.17) is 0 Å². The van der Waals surface area contributed by atoms with E-state index in [1.807, 2.05) is 12.1 Å². The summed E-state index contributed by atoms with van der Waals surface area (Å²) in [7, 11) is 0. The lowest BCUT2D eigenvalue weighted by atomic mass is 10.1. The average Bonchev–Trinajstić information content (AvgIpc) is 2.39. The van der Waals surface area contributed by atoms with Gasteiger partial charge in [0.2, 0.25) is 0 Å².